The molecule has 0 spiro atoms. The number of hydrogen-bond acceptors (Lipinski definition) is 3. The summed E-state index contributed by atoms with van der Waals surface area (Å²) in [6.07, 6.45) is 5.27. The van der Waals surface area contributed by atoms with Crippen LogP contribution in [0.2, 0.25) is 5.02 Å². The Morgan fingerprint density at radius 1 is 1.09 bits per heavy atom. The van der Waals surface area contributed by atoms with Crippen molar-refractivity contribution in [2.45, 2.75) is 13.3 Å². The molecular weight excluding hydrogens is 436 g/mol. The largest absolute Gasteiger partial charge is 0.497 e. The maximum atomic E-state index is 10.9. The van der Waals surface area contributed by atoms with E-state index in [-0.39, 0.29) is 0 Å². The number of H-pyrrole nitrogens is 1. The quantitative estimate of drug-likeness (QED) is 0.239. The average Bonchev–Trinajstić information content (AvgIpc) is 3.30. The Bertz CT molecular complexity index is 1370. The normalized spacial score (nSPS) is 12.2. The van der Waals surface area contributed by atoms with Gasteiger partial charge in [0.25, 0.3) is 0 Å². The summed E-state index contributed by atoms with van der Waals surface area (Å²) >= 11 is 6.68. The zero-order valence-corrected chi connectivity index (χ0v) is 19.1. The molecule has 0 radical (unpaired) electrons. The molecule has 0 bridgehead atoms. The van der Waals surface area contributed by atoms with Crippen molar-refractivity contribution in [3.05, 3.63) is 100 Å². The van der Waals surface area contributed by atoms with Crippen molar-refractivity contribution in [1.29, 1.82) is 0 Å². The molecule has 3 aromatic carbocycles. The number of aromatic nitrogens is 2. The predicted octanol–water partition coefficient (Wildman–Crippen LogP) is 6.69. The Labute approximate surface area is 197 Å². The molecule has 4 aromatic rings. The fraction of sp³-hybridized carbons (Fsp3) is 0.111. The summed E-state index contributed by atoms with van der Waals surface area (Å²) in [6.45, 7) is 2.11. The number of nitrogens with one attached hydrogen (secondary N) is 1. The van der Waals surface area contributed by atoms with E-state index < -0.39 is 5.97 Å². The zero-order valence-electron chi connectivity index (χ0n) is 18.3. The van der Waals surface area contributed by atoms with Crippen LogP contribution in [0.4, 0.5) is 0 Å². The maximum absolute atomic E-state index is 10.9. The van der Waals surface area contributed by atoms with E-state index in [9.17, 15) is 4.79 Å². The van der Waals surface area contributed by atoms with Crippen molar-refractivity contribution < 1.29 is 14.6 Å². The number of hydrogen-bond donors (Lipinski definition) is 2. The second kappa shape index (κ2) is 9.76. The summed E-state index contributed by atoms with van der Waals surface area (Å²) in [7, 11) is 1.62. The van der Waals surface area contributed by atoms with E-state index >= 15 is 0 Å². The first-order valence-corrected chi connectivity index (χ1v) is 10.9. The van der Waals surface area contributed by atoms with Gasteiger partial charge in [-0.2, -0.15) is 5.10 Å². The van der Waals surface area contributed by atoms with Crippen LogP contribution in [0.25, 0.3) is 28.1 Å². The molecule has 166 valence electrons. The number of ether oxygens (including phenoxy) is 1. The van der Waals surface area contributed by atoms with E-state index in [0.29, 0.717) is 10.8 Å². The number of allylic oxidation sites excluding steroid dienone is 1. The third-order valence-electron chi connectivity index (χ3n) is 5.50. The van der Waals surface area contributed by atoms with Gasteiger partial charge in [0.05, 0.1) is 23.8 Å². The summed E-state index contributed by atoms with van der Waals surface area (Å²) in [5.41, 5.74) is 6.92. The van der Waals surface area contributed by atoms with E-state index in [1.165, 1.54) is 0 Å². The van der Waals surface area contributed by atoms with Gasteiger partial charge >= 0.3 is 5.97 Å². The van der Waals surface area contributed by atoms with E-state index in [1.54, 1.807) is 13.2 Å². The summed E-state index contributed by atoms with van der Waals surface area (Å²) in [5.74, 6) is -0.273. The average molecular weight is 459 g/mol. The summed E-state index contributed by atoms with van der Waals surface area (Å²) in [4.78, 5) is 10.9. The van der Waals surface area contributed by atoms with Crippen molar-refractivity contribution in [2.75, 3.05) is 7.11 Å². The van der Waals surface area contributed by atoms with Crippen LogP contribution >= 0.6 is 11.6 Å². The lowest BCUT2D eigenvalue weighted by atomic mass is 9.87. The highest BCUT2D eigenvalue weighted by Crippen LogP contribution is 2.39. The van der Waals surface area contributed by atoms with Crippen LogP contribution < -0.4 is 4.74 Å². The molecule has 5 nitrogen and oxygen atoms in total. The smallest absolute Gasteiger partial charge is 0.328 e. The van der Waals surface area contributed by atoms with Gasteiger partial charge in [-0.15, -0.1) is 0 Å². The number of nitrogens with zero attached hydrogens (tertiary/aromatic N) is 1. The molecule has 0 aliphatic carbocycles. The number of aromatic amines is 1. The van der Waals surface area contributed by atoms with Gasteiger partial charge in [-0.3, -0.25) is 5.10 Å². The molecule has 0 atom stereocenters. The van der Waals surface area contributed by atoms with E-state index in [4.69, 9.17) is 21.4 Å². The van der Waals surface area contributed by atoms with Crippen molar-refractivity contribution in [3.8, 4) is 5.75 Å². The van der Waals surface area contributed by atoms with Gasteiger partial charge in [-0.05, 0) is 76.2 Å². The minimum Gasteiger partial charge on any atom is -0.497 e. The van der Waals surface area contributed by atoms with Crippen molar-refractivity contribution in [1.82, 2.24) is 10.2 Å². The van der Waals surface area contributed by atoms with Crippen LogP contribution in [0, 0.1) is 0 Å². The molecular formula is C27H23ClN2O3. The van der Waals surface area contributed by atoms with E-state index in [2.05, 4.69) is 29.3 Å². The number of methoxy groups -OCH3 is 1. The number of halogens is 1. The molecule has 4 rings (SSSR count). The third-order valence-corrected chi connectivity index (χ3v) is 5.82. The molecule has 6 heteroatoms. The SMILES string of the molecule is CC/C(=C(/c1ccc(/C=C/C(=O)O)cc1)c1ccc2[nH]ncc2c1)c1ccc(OC)cc1Cl. The maximum Gasteiger partial charge on any atom is 0.328 e. The fourth-order valence-corrected chi connectivity index (χ4v) is 4.20. The van der Waals surface area contributed by atoms with Crippen LogP contribution in [0.5, 0.6) is 5.75 Å². The number of carbonyl (C=O) groups is 1. The van der Waals surface area contributed by atoms with E-state index in [0.717, 1.165) is 56.8 Å². The molecule has 1 heterocycles. The highest BCUT2D eigenvalue weighted by atomic mass is 35.5. The van der Waals surface area contributed by atoms with Crippen LogP contribution in [-0.2, 0) is 4.79 Å². The lowest BCUT2D eigenvalue weighted by Crippen LogP contribution is -1.97. The Morgan fingerprint density at radius 3 is 2.52 bits per heavy atom. The molecule has 0 aliphatic rings. The number of benzene rings is 3. The Balaban J connectivity index is 1.92. The molecule has 0 saturated heterocycles. The van der Waals surface area contributed by atoms with Gasteiger partial charge in [0.1, 0.15) is 5.75 Å². The second-order valence-electron chi connectivity index (χ2n) is 7.52. The fourth-order valence-electron chi connectivity index (χ4n) is 3.91. The molecule has 2 N–H and O–H groups in total. The Kier molecular flexibility index (Phi) is 6.61. The summed E-state index contributed by atoms with van der Waals surface area (Å²) < 4.78 is 5.33. The lowest BCUT2D eigenvalue weighted by molar-refractivity contribution is -0.131. The number of rotatable bonds is 7. The lowest BCUT2D eigenvalue weighted by Gasteiger charge is -2.18. The number of carboxylic acids is 1. The van der Waals surface area contributed by atoms with Gasteiger partial charge in [0.15, 0.2) is 0 Å². The van der Waals surface area contributed by atoms with Crippen LogP contribution in [-0.4, -0.2) is 28.4 Å². The van der Waals surface area contributed by atoms with Gasteiger partial charge in [-0.25, -0.2) is 4.79 Å². The van der Waals surface area contributed by atoms with Gasteiger partial charge in [0.2, 0.25) is 0 Å². The molecule has 0 aliphatic heterocycles. The van der Waals surface area contributed by atoms with E-state index in [1.807, 2.05) is 54.7 Å². The monoisotopic (exact) mass is 458 g/mol. The first kappa shape index (κ1) is 22.4. The first-order chi connectivity index (χ1) is 16.0. The van der Waals surface area contributed by atoms with Crippen molar-refractivity contribution >= 4 is 45.7 Å². The highest BCUT2D eigenvalue weighted by Gasteiger charge is 2.16. The highest BCUT2D eigenvalue weighted by molar-refractivity contribution is 6.33. The molecule has 0 saturated carbocycles. The molecule has 0 fully saturated rings. The van der Waals surface area contributed by atoms with Crippen LogP contribution in [0.15, 0.2) is 72.9 Å². The topological polar surface area (TPSA) is 75.2 Å². The van der Waals surface area contributed by atoms with Crippen molar-refractivity contribution in [3.63, 3.8) is 0 Å². The first-order valence-electron chi connectivity index (χ1n) is 10.5. The number of carboxylic acid groups (broad SMARTS) is 1. The summed E-state index contributed by atoms with van der Waals surface area (Å²) in [5, 5.41) is 17.7. The van der Waals surface area contributed by atoms with Crippen LogP contribution in [0.1, 0.15) is 35.6 Å². The number of aliphatic carboxylic acids is 1. The Hall–Kier alpha value is -3.83. The summed E-state index contributed by atoms with van der Waals surface area (Å²) in [6, 6.07) is 19.7. The minimum absolute atomic E-state index is 0.620. The van der Waals surface area contributed by atoms with Gasteiger partial charge < -0.3 is 9.84 Å². The predicted molar refractivity (Wildman–Crippen MR) is 133 cm³/mol. The minimum atomic E-state index is -0.976. The van der Waals surface area contributed by atoms with Gasteiger partial charge in [0, 0.05) is 11.5 Å². The number of fused-ring (bicyclic) bond motifs is 1. The zero-order chi connectivity index (χ0) is 23.4. The molecule has 0 unspecified atom stereocenters. The molecule has 0 amide bonds. The standard InChI is InChI=1S/C27H23ClN2O3/c1-3-22(23-11-10-21(33-2)15-24(23)28)27(19-9-12-25-20(14-19)16-29-30-25)18-7-4-17(5-8-18)6-13-26(31)32/h4-16H,3H2,1-2H3,(H,29,30)(H,31,32)/b13-6+,27-22+. The van der Waals surface area contributed by atoms with Crippen LogP contribution in [0.3, 0.4) is 0 Å². The molecule has 33 heavy (non-hydrogen) atoms. The third kappa shape index (κ3) is 4.83. The molecule has 1 aromatic heterocycles. The Morgan fingerprint density at radius 2 is 1.85 bits per heavy atom. The van der Waals surface area contributed by atoms with Crippen molar-refractivity contribution in [2.24, 2.45) is 0 Å². The second-order valence-corrected chi connectivity index (χ2v) is 7.93. The van der Waals surface area contributed by atoms with Gasteiger partial charge in [-0.1, -0.05) is 48.9 Å².